The van der Waals surface area contributed by atoms with Gasteiger partial charge in [0.2, 0.25) is 11.7 Å². The number of amides is 1. The summed E-state index contributed by atoms with van der Waals surface area (Å²) in [6, 6.07) is 15.6. The second-order valence-corrected chi connectivity index (χ2v) is 5.39. The van der Waals surface area contributed by atoms with Crippen LogP contribution in [0, 0.1) is 5.82 Å². The molecule has 0 fully saturated rings. The summed E-state index contributed by atoms with van der Waals surface area (Å²) in [5.41, 5.74) is 1.56. The lowest BCUT2D eigenvalue weighted by molar-refractivity contribution is -0.131. The van der Waals surface area contributed by atoms with E-state index < -0.39 is 0 Å². The summed E-state index contributed by atoms with van der Waals surface area (Å²) < 4.78 is 13.2. The highest BCUT2D eigenvalue weighted by Crippen LogP contribution is 2.12. The molecule has 6 nitrogen and oxygen atoms in total. The summed E-state index contributed by atoms with van der Waals surface area (Å²) in [7, 11) is 1.66. The number of halogens is 1. The number of hydrogen-bond acceptors (Lipinski definition) is 4. The number of tetrazole rings is 1. The van der Waals surface area contributed by atoms with Gasteiger partial charge in [-0.1, -0.05) is 42.5 Å². The molecule has 122 valence electrons. The minimum Gasteiger partial charge on any atom is -0.340 e. The first-order chi connectivity index (χ1) is 11.6. The predicted molar refractivity (Wildman–Crippen MR) is 86.1 cm³/mol. The third-order valence-electron chi connectivity index (χ3n) is 3.50. The lowest BCUT2D eigenvalue weighted by Gasteiger charge is -2.16. The van der Waals surface area contributed by atoms with Crippen LogP contribution in [0.15, 0.2) is 54.6 Å². The van der Waals surface area contributed by atoms with Crippen LogP contribution in [0.25, 0.3) is 11.4 Å². The Morgan fingerprint density at radius 3 is 2.71 bits per heavy atom. The first-order valence-corrected chi connectivity index (χ1v) is 7.43. The molecule has 0 N–H and O–H groups in total. The Balaban J connectivity index is 1.63. The molecule has 0 unspecified atom stereocenters. The van der Waals surface area contributed by atoms with Crippen molar-refractivity contribution in [3.63, 3.8) is 0 Å². The second kappa shape index (κ2) is 6.99. The monoisotopic (exact) mass is 325 g/mol. The molecular formula is C17H16FN5O. The largest absolute Gasteiger partial charge is 0.340 e. The van der Waals surface area contributed by atoms with Gasteiger partial charge in [-0.15, -0.1) is 10.2 Å². The maximum Gasteiger partial charge on any atom is 0.246 e. The molecule has 0 spiro atoms. The molecule has 0 aliphatic carbocycles. The van der Waals surface area contributed by atoms with Crippen LogP contribution in [-0.4, -0.2) is 38.1 Å². The van der Waals surface area contributed by atoms with Crippen molar-refractivity contribution in [3.8, 4) is 11.4 Å². The van der Waals surface area contributed by atoms with Crippen LogP contribution in [0.5, 0.6) is 0 Å². The molecule has 2 aromatic carbocycles. The Morgan fingerprint density at radius 2 is 1.96 bits per heavy atom. The van der Waals surface area contributed by atoms with Gasteiger partial charge in [-0.2, -0.15) is 4.80 Å². The fraction of sp³-hybridized carbons (Fsp3) is 0.176. The van der Waals surface area contributed by atoms with Crippen LogP contribution < -0.4 is 0 Å². The van der Waals surface area contributed by atoms with Gasteiger partial charge in [-0.25, -0.2) is 4.39 Å². The van der Waals surface area contributed by atoms with Crippen molar-refractivity contribution in [1.82, 2.24) is 25.1 Å². The van der Waals surface area contributed by atoms with Crippen LogP contribution >= 0.6 is 0 Å². The highest BCUT2D eigenvalue weighted by Gasteiger charge is 2.13. The lowest BCUT2D eigenvalue weighted by atomic mass is 10.2. The van der Waals surface area contributed by atoms with Gasteiger partial charge < -0.3 is 4.90 Å². The van der Waals surface area contributed by atoms with Gasteiger partial charge >= 0.3 is 0 Å². The number of carbonyl (C=O) groups is 1. The van der Waals surface area contributed by atoms with Gasteiger partial charge in [0, 0.05) is 19.2 Å². The molecule has 0 radical (unpaired) electrons. The normalized spacial score (nSPS) is 10.6. The second-order valence-electron chi connectivity index (χ2n) is 5.39. The van der Waals surface area contributed by atoms with E-state index in [2.05, 4.69) is 15.4 Å². The minimum atomic E-state index is -0.321. The molecule has 3 aromatic rings. The minimum absolute atomic E-state index is 0.0222. The Hall–Kier alpha value is -3.09. The van der Waals surface area contributed by atoms with Gasteiger partial charge in [-0.05, 0) is 22.9 Å². The van der Waals surface area contributed by atoms with E-state index in [4.69, 9.17) is 0 Å². The van der Waals surface area contributed by atoms with E-state index in [1.54, 1.807) is 19.2 Å². The number of aromatic nitrogens is 4. The van der Waals surface area contributed by atoms with E-state index in [1.165, 1.54) is 21.8 Å². The molecule has 1 heterocycles. The van der Waals surface area contributed by atoms with Crippen molar-refractivity contribution in [2.24, 2.45) is 0 Å². The zero-order chi connectivity index (χ0) is 16.9. The van der Waals surface area contributed by atoms with Gasteiger partial charge in [0.15, 0.2) is 0 Å². The molecule has 3 rings (SSSR count). The molecule has 0 aliphatic heterocycles. The quantitative estimate of drug-likeness (QED) is 0.721. The zero-order valence-electron chi connectivity index (χ0n) is 13.1. The van der Waals surface area contributed by atoms with E-state index in [0.29, 0.717) is 12.4 Å². The summed E-state index contributed by atoms with van der Waals surface area (Å²) in [6.45, 7) is 0.294. The van der Waals surface area contributed by atoms with Crippen molar-refractivity contribution in [3.05, 3.63) is 66.0 Å². The number of rotatable bonds is 5. The highest BCUT2D eigenvalue weighted by molar-refractivity contribution is 5.75. The Morgan fingerprint density at radius 1 is 1.17 bits per heavy atom. The third-order valence-corrected chi connectivity index (χ3v) is 3.50. The molecule has 0 saturated heterocycles. The highest BCUT2D eigenvalue weighted by atomic mass is 19.1. The fourth-order valence-electron chi connectivity index (χ4n) is 2.25. The third kappa shape index (κ3) is 3.81. The van der Waals surface area contributed by atoms with Crippen LogP contribution in [0.4, 0.5) is 4.39 Å². The molecule has 24 heavy (non-hydrogen) atoms. The molecule has 1 amide bonds. The van der Waals surface area contributed by atoms with Crippen molar-refractivity contribution in [1.29, 1.82) is 0 Å². The molecule has 0 atom stereocenters. The molecule has 0 saturated carbocycles. The lowest BCUT2D eigenvalue weighted by Crippen LogP contribution is -2.30. The summed E-state index contributed by atoms with van der Waals surface area (Å²) in [5, 5.41) is 12.1. The Bertz CT molecular complexity index is 834. The maximum absolute atomic E-state index is 13.2. The van der Waals surface area contributed by atoms with Crippen LogP contribution in [0.1, 0.15) is 5.56 Å². The average molecular weight is 325 g/mol. The van der Waals surface area contributed by atoms with Crippen molar-refractivity contribution < 1.29 is 9.18 Å². The number of hydrogen-bond donors (Lipinski definition) is 0. The van der Waals surface area contributed by atoms with Gasteiger partial charge in [-0.3, -0.25) is 4.79 Å². The Labute approximate surface area is 138 Å². The van der Waals surface area contributed by atoms with Crippen LogP contribution in [-0.2, 0) is 17.9 Å². The smallest absolute Gasteiger partial charge is 0.246 e. The zero-order valence-corrected chi connectivity index (χ0v) is 13.1. The van der Waals surface area contributed by atoms with Crippen LogP contribution in [0.2, 0.25) is 0 Å². The fourth-order valence-corrected chi connectivity index (χ4v) is 2.25. The van der Waals surface area contributed by atoms with E-state index >= 15 is 0 Å². The molecule has 0 bridgehead atoms. The summed E-state index contributed by atoms with van der Waals surface area (Å²) in [5.74, 6) is -0.0359. The Kier molecular flexibility index (Phi) is 4.60. The summed E-state index contributed by atoms with van der Waals surface area (Å²) in [4.78, 5) is 15.0. The average Bonchev–Trinajstić information content (AvgIpc) is 3.04. The van der Waals surface area contributed by atoms with E-state index in [1.807, 2.05) is 30.3 Å². The topological polar surface area (TPSA) is 63.9 Å². The molecule has 1 aromatic heterocycles. The van der Waals surface area contributed by atoms with Gasteiger partial charge in [0.1, 0.15) is 12.4 Å². The number of carbonyl (C=O) groups excluding carboxylic acids is 1. The number of benzene rings is 2. The number of likely N-dealkylation sites (N-methyl/N-ethyl adjacent to an activating group) is 1. The number of nitrogens with zero attached hydrogens (tertiary/aromatic N) is 5. The van der Waals surface area contributed by atoms with Gasteiger partial charge in [0.25, 0.3) is 0 Å². The molecular weight excluding hydrogens is 309 g/mol. The van der Waals surface area contributed by atoms with Crippen molar-refractivity contribution in [2.45, 2.75) is 13.1 Å². The molecule has 7 heteroatoms. The standard InChI is InChI=1S/C17H16FN5O/c1-22(11-13-6-5-9-15(18)10-13)16(24)12-23-20-17(19-21-23)14-7-3-2-4-8-14/h2-10H,11-12H2,1H3. The first kappa shape index (κ1) is 15.8. The van der Waals surface area contributed by atoms with E-state index in [-0.39, 0.29) is 18.3 Å². The maximum atomic E-state index is 13.2. The van der Waals surface area contributed by atoms with Crippen molar-refractivity contribution >= 4 is 5.91 Å². The van der Waals surface area contributed by atoms with E-state index in [9.17, 15) is 9.18 Å². The van der Waals surface area contributed by atoms with E-state index in [0.717, 1.165) is 11.1 Å². The SMILES string of the molecule is CN(Cc1cccc(F)c1)C(=O)Cn1nnc(-c2ccccc2)n1. The van der Waals surface area contributed by atoms with Crippen molar-refractivity contribution in [2.75, 3.05) is 7.05 Å². The van der Waals surface area contributed by atoms with Gasteiger partial charge in [0.05, 0.1) is 0 Å². The predicted octanol–water partition coefficient (Wildman–Crippen LogP) is 2.14. The summed E-state index contributed by atoms with van der Waals surface area (Å²) >= 11 is 0. The van der Waals surface area contributed by atoms with Crippen LogP contribution in [0.3, 0.4) is 0 Å². The molecule has 0 aliphatic rings. The summed E-state index contributed by atoms with van der Waals surface area (Å²) in [6.07, 6.45) is 0. The first-order valence-electron chi connectivity index (χ1n) is 7.43.